The van der Waals surface area contributed by atoms with Gasteiger partial charge in [-0.05, 0) is 19.9 Å². The third kappa shape index (κ3) is 3.92. The van der Waals surface area contributed by atoms with Crippen molar-refractivity contribution < 1.29 is 9.72 Å². The SMILES string of the molecule is CC(C)NC(=O)Nc1cc([N+](=O)[O-])ccc1Cl. The minimum absolute atomic E-state index is 0.0347. The molecule has 0 saturated heterocycles. The van der Waals surface area contributed by atoms with Gasteiger partial charge in [0.05, 0.1) is 15.6 Å². The Morgan fingerprint density at radius 3 is 2.65 bits per heavy atom. The molecule has 0 aliphatic rings. The molecule has 0 spiro atoms. The summed E-state index contributed by atoms with van der Waals surface area (Å²) in [6.45, 7) is 3.60. The standard InChI is InChI=1S/C10H12ClN3O3/c1-6(2)12-10(15)13-9-5-7(14(16)17)3-4-8(9)11/h3-6H,1-2H3,(H2,12,13,15). The van der Waals surface area contributed by atoms with E-state index in [4.69, 9.17) is 11.6 Å². The van der Waals surface area contributed by atoms with Crippen molar-refractivity contribution in [3.63, 3.8) is 0 Å². The third-order valence-electron chi connectivity index (χ3n) is 1.83. The number of hydrogen-bond donors (Lipinski definition) is 2. The van der Waals surface area contributed by atoms with Gasteiger partial charge in [0, 0.05) is 18.2 Å². The van der Waals surface area contributed by atoms with Crippen molar-refractivity contribution in [1.29, 1.82) is 0 Å². The van der Waals surface area contributed by atoms with E-state index < -0.39 is 11.0 Å². The van der Waals surface area contributed by atoms with Crippen molar-refractivity contribution in [2.75, 3.05) is 5.32 Å². The number of amides is 2. The molecular weight excluding hydrogens is 246 g/mol. The summed E-state index contributed by atoms with van der Waals surface area (Å²) in [4.78, 5) is 21.4. The van der Waals surface area contributed by atoms with Crippen molar-refractivity contribution in [3.05, 3.63) is 33.3 Å². The Labute approximate surface area is 103 Å². The van der Waals surface area contributed by atoms with E-state index >= 15 is 0 Å². The first-order valence-electron chi connectivity index (χ1n) is 4.91. The van der Waals surface area contributed by atoms with Crippen LogP contribution in [-0.4, -0.2) is 17.0 Å². The van der Waals surface area contributed by atoms with E-state index in [9.17, 15) is 14.9 Å². The van der Waals surface area contributed by atoms with Gasteiger partial charge in [0.25, 0.3) is 5.69 Å². The van der Waals surface area contributed by atoms with Gasteiger partial charge >= 0.3 is 6.03 Å². The lowest BCUT2D eigenvalue weighted by atomic mass is 10.3. The predicted molar refractivity (Wildman–Crippen MR) is 65.4 cm³/mol. The summed E-state index contributed by atoms with van der Waals surface area (Å²) in [7, 11) is 0. The summed E-state index contributed by atoms with van der Waals surface area (Å²) >= 11 is 5.82. The molecule has 0 aromatic heterocycles. The highest BCUT2D eigenvalue weighted by molar-refractivity contribution is 6.33. The quantitative estimate of drug-likeness (QED) is 0.645. The van der Waals surface area contributed by atoms with Crippen LogP contribution in [0.15, 0.2) is 18.2 Å². The van der Waals surface area contributed by atoms with Crippen LogP contribution < -0.4 is 10.6 Å². The Balaban J connectivity index is 2.86. The van der Waals surface area contributed by atoms with Gasteiger partial charge in [-0.3, -0.25) is 10.1 Å². The van der Waals surface area contributed by atoms with Gasteiger partial charge in [-0.15, -0.1) is 0 Å². The van der Waals surface area contributed by atoms with E-state index in [0.717, 1.165) is 0 Å². The van der Waals surface area contributed by atoms with Crippen LogP contribution in [0.2, 0.25) is 5.02 Å². The summed E-state index contributed by atoms with van der Waals surface area (Å²) in [6.07, 6.45) is 0. The number of nitro benzene ring substituents is 1. The molecule has 7 heteroatoms. The summed E-state index contributed by atoms with van der Waals surface area (Å²) in [6, 6.07) is 3.36. The first-order chi connectivity index (χ1) is 7.90. The van der Waals surface area contributed by atoms with E-state index in [-0.39, 0.29) is 22.4 Å². The molecule has 0 aliphatic carbocycles. The second-order valence-corrected chi connectivity index (χ2v) is 4.08. The minimum Gasteiger partial charge on any atom is -0.336 e. The van der Waals surface area contributed by atoms with E-state index in [1.165, 1.54) is 18.2 Å². The van der Waals surface area contributed by atoms with Crippen molar-refractivity contribution in [2.45, 2.75) is 19.9 Å². The number of urea groups is 1. The van der Waals surface area contributed by atoms with Crippen LogP contribution in [0.5, 0.6) is 0 Å². The number of carbonyl (C=O) groups excluding carboxylic acids is 1. The van der Waals surface area contributed by atoms with Crippen molar-refractivity contribution >= 4 is 29.0 Å². The van der Waals surface area contributed by atoms with E-state index in [1.54, 1.807) is 13.8 Å². The molecule has 0 atom stereocenters. The summed E-state index contributed by atoms with van der Waals surface area (Å²) in [5.41, 5.74) is 0.0771. The number of nitro groups is 1. The summed E-state index contributed by atoms with van der Waals surface area (Å²) < 4.78 is 0. The number of rotatable bonds is 3. The van der Waals surface area contributed by atoms with Crippen molar-refractivity contribution in [2.24, 2.45) is 0 Å². The molecule has 2 N–H and O–H groups in total. The molecule has 0 fully saturated rings. The lowest BCUT2D eigenvalue weighted by Crippen LogP contribution is -2.34. The number of nitrogens with zero attached hydrogens (tertiary/aromatic N) is 1. The van der Waals surface area contributed by atoms with Gasteiger partial charge in [0.15, 0.2) is 0 Å². The highest BCUT2D eigenvalue weighted by Crippen LogP contribution is 2.26. The molecule has 17 heavy (non-hydrogen) atoms. The number of anilines is 1. The molecule has 1 rings (SSSR count). The van der Waals surface area contributed by atoms with Gasteiger partial charge in [-0.25, -0.2) is 4.79 Å². The van der Waals surface area contributed by atoms with Crippen LogP contribution in [-0.2, 0) is 0 Å². The van der Waals surface area contributed by atoms with E-state index in [2.05, 4.69) is 10.6 Å². The van der Waals surface area contributed by atoms with E-state index in [0.29, 0.717) is 0 Å². The molecule has 1 aromatic rings. The Bertz CT molecular complexity index is 448. The van der Waals surface area contributed by atoms with E-state index in [1.807, 2.05) is 0 Å². The Morgan fingerprint density at radius 2 is 2.12 bits per heavy atom. The number of nitrogens with one attached hydrogen (secondary N) is 2. The second-order valence-electron chi connectivity index (χ2n) is 3.67. The number of benzene rings is 1. The highest BCUT2D eigenvalue weighted by Gasteiger charge is 2.12. The van der Waals surface area contributed by atoms with Crippen molar-refractivity contribution in [3.8, 4) is 0 Å². The van der Waals surface area contributed by atoms with Crippen LogP contribution in [0.25, 0.3) is 0 Å². The smallest absolute Gasteiger partial charge is 0.319 e. The Morgan fingerprint density at radius 1 is 1.47 bits per heavy atom. The zero-order valence-electron chi connectivity index (χ0n) is 9.36. The first-order valence-corrected chi connectivity index (χ1v) is 5.29. The molecule has 0 aliphatic heterocycles. The van der Waals surface area contributed by atoms with Crippen LogP contribution in [0, 0.1) is 10.1 Å². The molecular formula is C10H12ClN3O3. The predicted octanol–water partition coefficient (Wildman–Crippen LogP) is 2.78. The van der Waals surface area contributed by atoms with Gasteiger partial charge in [0.1, 0.15) is 0 Å². The number of halogens is 1. The van der Waals surface area contributed by atoms with Crippen LogP contribution in [0.4, 0.5) is 16.2 Å². The molecule has 0 heterocycles. The topological polar surface area (TPSA) is 84.3 Å². The fourth-order valence-electron chi connectivity index (χ4n) is 1.14. The van der Waals surface area contributed by atoms with Gasteiger partial charge < -0.3 is 10.6 Å². The third-order valence-corrected chi connectivity index (χ3v) is 2.16. The fourth-order valence-corrected chi connectivity index (χ4v) is 1.31. The van der Waals surface area contributed by atoms with Crippen molar-refractivity contribution in [1.82, 2.24) is 5.32 Å². The average Bonchev–Trinajstić information content (AvgIpc) is 2.19. The normalized spacial score (nSPS) is 10.1. The zero-order chi connectivity index (χ0) is 13.0. The molecule has 2 amide bonds. The number of hydrogen-bond acceptors (Lipinski definition) is 3. The lowest BCUT2D eigenvalue weighted by Gasteiger charge is -2.10. The molecule has 0 bridgehead atoms. The van der Waals surface area contributed by atoms with Crippen LogP contribution in [0.3, 0.4) is 0 Å². The second kappa shape index (κ2) is 5.49. The molecule has 0 radical (unpaired) electrons. The van der Waals surface area contributed by atoms with Gasteiger partial charge in [-0.2, -0.15) is 0 Å². The summed E-state index contributed by atoms with van der Waals surface area (Å²) in [5, 5.41) is 15.8. The van der Waals surface area contributed by atoms with Gasteiger partial charge in [0.2, 0.25) is 0 Å². The molecule has 0 unspecified atom stereocenters. The molecule has 6 nitrogen and oxygen atoms in total. The average molecular weight is 258 g/mol. The molecule has 1 aromatic carbocycles. The maximum Gasteiger partial charge on any atom is 0.319 e. The largest absolute Gasteiger partial charge is 0.336 e. The monoisotopic (exact) mass is 257 g/mol. The number of non-ortho nitro benzene ring substituents is 1. The highest BCUT2D eigenvalue weighted by atomic mass is 35.5. The van der Waals surface area contributed by atoms with Gasteiger partial charge in [-0.1, -0.05) is 11.6 Å². The Kier molecular flexibility index (Phi) is 4.28. The first kappa shape index (κ1) is 13.2. The maximum atomic E-state index is 11.4. The van der Waals surface area contributed by atoms with Crippen LogP contribution >= 0.6 is 11.6 Å². The molecule has 92 valence electrons. The minimum atomic E-state index is -0.554. The summed E-state index contributed by atoms with van der Waals surface area (Å²) in [5.74, 6) is 0. The van der Waals surface area contributed by atoms with Crippen LogP contribution in [0.1, 0.15) is 13.8 Å². The zero-order valence-corrected chi connectivity index (χ0v) is 10.1. The molecule has 0 saturated carbocycles. The maximum absolute atomic E-state index is 11.4. The lowest BCUT2D eigenvalue weighted by molar-refractivity contribution is -0.384. The number of carbonyl (C=O) groups is 1. The Hall–Kier alpha value is -1.82. The fraction of sp³-hybridized carbons (Fsp3) is 0.300.